The quantitative estimate of drug-likeness (QED) is 0.892. The molecule has 0 aliphatic carbocycles. The maximum absolute atomic E-state index is 12.7. The molecular weight excluding hydrogens is 330 g/mol. The summed E-state index contributed by atoms with van der Waals surface area (Å²) in [5, 5.41) is 9.19. The molecule has 2 aliphatic rings. The molecule has 1 aromatic carbocycles. The van der Waals surface area contributed by atoms with E-state index < -0.39 is 11.9 Å². The molecule has 1 N–H and O–H groups in total. The molecule has 3 rings (SSSR count). The molecule has 0 spiro atoms. The number of carbonyl (C=O) groups is 2. The van der Waals surface area contributed by atoms with Crippen LogP contribution in [0.1, 0.15) is 37.0 Å². The van der Waals surface area contributed by atoms with E-state index in [1.54, 1.807) is 4.90 Å². The number of carboxylic acid groups (broad SMARTS) is 1. The lowest BCUT2D eigenvalue weighted by molar-refractivity contribution is -0.143. The minimum Gasteiger partial charge on any atom is -0.481 e. The van der Waals surface area contributed by atoms with Crippen molar-refractivity contribution in [1.29, 1.82) is 0 Å². The van der Waals surface area contributed by atoms with E-state index >= 15 is 0 Å². The molecule has 142 valence electrons. The fraction of sp³-hybridized carbons (Fsp3) is 0.600. The number of hydrogen-bond acceptors (Lipinski definition) is 4. The van der Waals surface area contributed by atoms with Gasteiger partial charge in [-0.1, -0.05) is 0 Å². The number of piperidine rings is 1. The van der Waals surface area contributed by atoms with Gasteiger partial charge in [0, 0.05) is 56.6 Å². The van der Waals surface area contributed by atoms with Crippen LogP contribution in [0.4, 0.5) is 5.69 Å². The van der Waals surface area contributed by atoms with Crippen LogP contribution < -0.4 is 4.90 Å². The van der Waals surface area contributed by atoms with Crippen LogP contribution in [0.3, 0.4) is 0 Å². The largest absolute Gasteiger partial charge is 0.481 e. The molecular formula is C20H29N3O3. The fourth-order valence-corrected chi connectivity index (χ4v) is 3.86. The maximum Gasteiger partial charge on any atom is 0.308 e. The Kier molecular flexibility index (Phi) is 5.81. The molecule has 2 saturated heterocycles. The summed E-state index contributed by atoms with van der Waals surface area (Å²) in [7, 11) is 0. The average molecular weight is 359 g/mol. The van der Waals surface area contributed by atoms with Crippen molar-refractivity contribution in [2.45, 2.75) is 32.7 Å². The van der Waals surface area contributed by atoms with Crippen molar-refractivity contribution < 1.29 is 14.7 Å². The van der Waals surface area contributed by atoms with Crippen LogP contribution in [0.2, 0.25) is 0 Å². The van der Waals surface area contributed by atoms with Gasteiger partial charge >= 0.3 is 5.97 Å². The summed E-state index contributed by atoms with van der Waals surface area (Å²) in [6.07, 6.45) is 1.40. The standard InChI is InChI=1S/C20H29N3O3/c1-15(2)21-10-12-22(13-11-21)18-7-5-16(6-8-18)19(24)23-9-3-4-17(14-23)20(25)26/h5-8,15,17H,3-4,9-14H2,1-2H3,(H,25,26). The summed E-state index contributed by atoms with van der Waals surface area (Å²) in [5.74, 6) is -1.31. The van der Waals surface area contributed by atoms with Crippen LogP contribution in [0.15, 0.2) is 24.3 Å². The molecule has 1 aromatic rings. The Morgan fingerprint density at radius 2 is 1.69 bits per heavy atom. The summed E-state index contributed by atoms with van der Waals surface area (Å²) >= 11 is 0. The fourth-order valence-electron chi connectivity index (χ4n) is 3.86. The first-order chi connectivity index (χ1) is 12.5. The van der Waals surface area contributed by atoms with Gasteiger partial charge < -0.3 is 14.9 Å². The van der Waals surface area contributed by atoms with Crippen molar-refractivity contribution in [1.82, 2.24) is 9.80 Å². The topological polar surface area (TPSA) is 64.1 Å². The molecule has 0 bridgehead atoms. The number of anilines is 1. The van der Waals surface area contributed by atoms with E-state index in [2.05, 4.69) is 23.6 Å². The van der Waals surface area contributed by atoms with Crippen LogP contribution in [-0.2, 0) is 4.79 Å². The molecule has 2 fully saturated rings. The third kappa shape index (κ3) is 4.18. The number of hydrogen-bond donors (Lipinski definition) is 1. The lowest BCUT2D eigenvalue weighted by Gasteiger charge is -2.38. The van der Waals surface area contributed by atoms with Crippen LogP contribution in [0.25, 0.3) is 0 Å². The second-order valence-electron chi connectivity index (χ2n) is 7.59. The lowest BCUT2D eigenvalue weighted by Crippen LogP contribution is -2.48. The number of carboxylic acids is 1. The molecule has 1 atom stereocenters. The predicted octanol–water partition coefficient (Wildman–Crippen LogP) is 2.15. The predicted molar refractivity (Wildman–Crippen MR) is 102 cm³/mol. The highest BCUT2D eigenvalue weighted by Crippen LogP contribution is 2.22. The Morgan fingerprint density at radius 3 is 2.27 bits per heavy atom. The molecule has 6 nitrogen and oxygen atoms in total. The van der Waals surface area contributed by atoms with Crippen LogP contribution in [0.5, 0.6) is 0 Å². The Hall–Kier alpha value is -2.08. The number of rotatable bonds is 4. The van der Waals surface area contributed by atoms with Gasteiger partial charge in [-0.05, 0) is 51.0 Å². The highest BCUT2D eigenvalue weighted by Gasteiger charge is 2.28. The number of amides is 1. The van der Waals surface area contributed by atoms with Crippen molar-refractivity contribution in [2.24, 2.45) is 5.92 Å². The van der Waals surface area contributed by atoms with Gasteiger partial charge in [0.2, 0.25) is 0 Å². The zero-order chi connectivity index (χ0) is 18.7. The molecule has 0 saturated carbocycles. The second kappa shape index (κ2) is 8.08. The molecule has 26 heavy (non-hydrogen) atoms. The first-order valence-corrected chi connectivity index (χ1v) is 9.57. The first kappa shape index (κ1) is 18.7. The van der Waals surface area contributed by atoms with E-state index in [1.165, 1.54) is 0 Å². The molecule has 6 heteroatoms. The highest BCUT2D eigenvalue weighted by molar-refractivity contribution is 5.95. The van der Waals surface area contributed by atoms with Gasteiger partial charge in [-0.3, -0.25) is 14.5 Å². The van der Waals surface area contributed by atoms with Gasteiger partial charge in [-0.25, -0.2) is 0 Å². The maximum atomic E-state index is 12.7. The highest BCUT2D eigenvalue weighted by atomic mass is 16.4. The molecule has 0 aromatic heterocycles. The van der Waals surface area contributed by atoms with Gasteiger partial charge in [0.15, 0.2) is 0 Å². The van der Waals surface area contributed by atoms with E-state index in [0.29, 0.717) is 31.1 Å². The average Bonchev–Trinajstić information content (AvgIpc) is 2.67. The minimum absolute atomic E-state index is 0.0628. The van der Waals surface area contributed by atoms with E-state index in [0.717, 1.165) is 38.3 Å². The number of aliphatic carboxylic acids is 1. The van der Waals surface area contributed by atoms with E-state index in [1.807, 2.05) is 24.3 Å². The van der Waals surface area contributed by atoms with Crippen molar-refractivity contribution in [3.8, 4) is 0 Å². The normalized spacial score (nSPS) is 21.9. The Balaban J connectivity index is 1.61. The SMILES string of the molecule is CC(C)N1CCN(c2ccc(C(=O)N3CCCC(C(=O)O)C3)cc2)CC1. The zero-order valence-corrected chi connectivity index (χ0v) is 15.7. The van der Waals surface area contributed by atoms with Crippen LogP contribution >= 0.6 is 0 Å². The summed E-state index contributed by atoms with van der Waals surface area (Å²) in [6, 6.07) is 8.35. The number of carbonyl (C=O) groups excluding carboxylic acids is 1. The molecule has 2 aliphatic heterocycles. The molecule has 1 amide bonds. The number of benzene rings is 1. The van der Waals surface area contributed by atoms with E-state index in [4.69, 9.17) is 0 Å². The summed E-state index contributed by atoms with van der Waals surface area (Å²) in [4.78, 5) is 30.4. The minimum atomic E-state index is -0.807. The molecule has 0 radical (unpaired) electrons. The van der Waals surface area contributed by atoms with Gasteiger partial charge in [0.05, 0.1) is 5.92 Å². The molecule has 1 unspecified atom stereocenters. The summed E-state index contributed by atoms with van der Waals surface area (Å²) in [5.41, 5.74) is 1.78. The number of likely N-dealkylation sites (tertiary alicyclic amines) is 1. The van der Waals surface area contributed by atoms with Gasteiger partial charge in [-0.15, -0.1) is 0 Å². The Labute approximate surface area is 155 Å². The zero-order valence-electron chi connectivity index (χ0n) is 15.7. The monoisotopic (exact) mass is 359 g/mol. The van der Waals surface area contributed by atoms with Gasteiger partial charge in [0.1, 0.15) is 0 Å². The Morgan fingerprint density at radius 1 is 1.04 bits per heavy atom. The smallest absolute Gasteiger partial charge is 0.308 e. The third-order valence-electron chi connectivity index (χ3n) is 5.58. The molecule has 2 heterocycles. The second-order valence-corrected chi connectivity index (χ2v) is 7.59. The van der Waals surface area contributed by atoms with Gasteiger partial charge in [-0.2, -0.15) is 0 Å². The van der Waals surface area contributed by atoms with Gasteiger partial charge in [0.25, 0.3) is 5.91 Å². The van der Waals surface area contributed by atoms with Crippen molar-refractivity contribution >= 4 is 17.6 Å². The number of nitrogens with zero attached hydrogens (tertiary/aromatic N) is 3. The van der Waals surface area contributed by atoms with Crippen LogP contribution in [-0.4, -0.2) is 72.1 Å². The summed E-state index contributed by atoms with van der Waals surface area (Å²) < 4.78 is 0. The third-order valence-corrected chi connectivity index (χ3v) is 5.58. The number of piperazine rings is 1. The van der Waals surface area contributed by atoms with Crippen LogP contribution in [0, 0.1) is 5.92 Å². The van der Waals surface area contributed by atoms with Crippen molar-refractivity contribution in [3.05, 3.63) is 29.8 Å². The summed E-state index contributed by atoms with van der Waals surface area (Å²) in [6.45, 7) is 9.52. The first-order valence-electron chi connectivity index (χ1n) is 9.57. The lowest BCUT2D eigenvalue weighted by atomic mass is 9.97. The van der Waals surface area contributed by atoms with E-state index in [9.17, 15) is 14.7 Å². The van der Waals surface area contributed by atoms with E-state index in [-0.39, 0.29) is 5.91 Å². The van der Waals surface area contributed by atoms with Crippen molar-refractivity contribution in [2.75, 3.05) is 44.2 Å². The Bertz CT molecular complexity index is 636. The van der Waals surface area contributed by atoms with Crippen molar-refractivity contribution in [3.63, 3.8) is 0 Å².